The van der Waals surface area contributed by atoms with Gasteiger partial charge in [0.05, 0.1) is 23.3 Å². The number of carbonyl (C=O) groups excluding carboxylic acids is 2. The predicted octanol–water partition coefficient (Wildman–Crippen LogP) is 14.5. The van der Waals surface area contributed by atoms with Crippen LogP contribution < -0.4 is 10.7 Å². The molecule has 0 saturated carbocycles. The van der Waals surface area contributed by atoms with E-state index in [1.165, 1.54) is 23.3 Å². The average Bonchev–Trinajstić information content (AvgIpc) is 3.42. The van der Waals surface area contributed by atoms with E-state index < -0.39 is 27.3 Å². The minimum absolute atomic E-state index is 0.0312. The van der Waals surface area contributed by atoms with E-state index in [-0.39, 0.29) is 86.1 Å². The number of aromatic carboxylic acids is 1. The van der Waals surface area contributed by atoms with Gasteiger partial charge in [0, 0.05) is 65.9 Å². The predicted molar refractivity (Wildman–Crippen MR) is 345 cm³/mol. The zero-order valence-corrected chi connectivity index (χ0v) is 57.5. The second kappa shape index (κ2) is 38.3. The lowest BCUT2D eigenvalue weighted by molar-refractivity contribution is -0.133. The van der Waals surface area contributed by atoms with Gasteiger partial charge in [-0.1, -0.05) is 136 Å². The number of fused-ring (bicyclic) bond motifs is 1. The molecule has 0 radical (unpaired) electrons. The van der Waals surface area contributed by atoms with Crippen molar-refractivity contribution in [3.63, 3.8) is 0 Å². The van der Waals surface area contributed by atoms with Crippen molar-refractivity contribution in [1.82, 2.24) is 14.5 Å². The number of anilines is 1. The van der Waals surface area contributed by atoms with Crippen molar-refractivity contribution in [3.05, 3.63) is 46.0 Å². The topological polar surface area (TPSA) is 194 Å². The summed E-state index contributed by atoms with van der Waals surface area (Å²) in [6.45, 7) is 48.3. The zero-order chi connectivity index (χ0) is 63.7. The van der Waals surface area contributed by atoms with Gasteiger partial charge in [-0.15, -0.1) is 11.8 Å². The number of aliphatic hydroxyl groups excluding tert-OH is 1. The van der Waals surface area contributed by atoms with Crippen LogP contribution in [0, 0.1) is 64.5 Å². The van der Waals surface area contributed by atoms with Crippen molar-refractivity contribution in [2.75, 3.05) is 38.8 Å². The molecule has 2 aromatic rings. The number of ether oxygens (including phenoxy) is 1. The number of thioether (sulfide) groups is 2. The second-order valence-electron chi connectivity index (χ2n) is 24.2. The first-order valence-electron chi connectivity index (χ1n) is 30.6. The molecule has 0 spiro atoms. The molecule has 18 heteroatoms. The first-order valence-corrected chi connectivity index (χ1v) is 34.0. The van der Waals surface area contributed by atoms with Crippen molar-refractivity contribution in [2.24, 2.45) is 58.7 Å². The van der Waals surface area contributed by atoms with Crippen molar-refractivity contribution in [2.45, 2.75) is 236 Å². The molecule has 0 aliphatic carbocycles. The van der Waals surface area contributed by atoms with Gasteiger partial charge < -0.3 is 34.5 Å². The first kappa shape index (κ1) is 79.1. The normalized spacial score (nSPS) is 23.9. The number of aromatic nitrogens is 2. The van der Waals surface area contributed by atoms with E-state index in [9.17, 15) is 27.2 Å². The molecule has 0 aromatic carbocycles. The molecule has 2 saturated heterocycles. The molecule has 14 nitrogen and oxygen atoms in total. The minimum atomic E-state index is -3.54. The van der Waals surface area contributed by atoms with Crippen molar-refractivity contribution in [3.8, 4) is 0 Å². The maximum atomic E-state index is 14.1. The Hall–Kier alpha value is -2.87. The number of ketones is 1. The highest BCUT2D eigenvalue weighted by Crippen LogP contribution is 2.49. The molecule has 0 bridgehead atoms. The number of hydrogen-bond acceptors (Lipinski definition) is 14. The molecule has 82 heavy (non-hydrogen) atoms. The Morgan fingerprint density at radius 1 is 0.988 bits per heavy atom. The van der Waals surface area contributed by atoms with E-state index in [0.717, 1.165) is 64.4 Å². The average molecular weight is 1220 g/mol. The van der Waals surface area contributed by atoms with Crippen molar-refractivity contribution < 1.29 is 46.3 Å². The maximum absolute atomic E-state index is 14.1. The number of carboxylic acid groups (broad SMARTS) is 1. The number of aldehydes is 1. The monoisotopic (exact) mass is 1210 g/mol. The SMILES string of the molecule is C=C(C)C(C)[C@@H](C[C@H]1CC(C)[C@@H](OS(=O)(=O)CCC)C(C)S1)[C@H](C)[C@@H](O[C@@H]1S[C@H](C)C[C@H](N(C)C)C1C)C(C)(C)C[C@@H](C)C(=O)[C@H](C)C[C@@H](C)[C@H](C)CC.CC.CC=O.CCCNc1nc2c(cc1F)c(=O)c(C(=O)O)cn2CC.CO. The van der Waals surface area contributed by atoms with Crippen molar-refractivity contribution >= 4 is 68.5 Å². The zero-order valence-electron chi connectivity index (χ0n) is 55.1. The number of rotatable bonds is 27. The summed E-state index contributed by atoms with van der Waals surface area (Å²) in [4.78, 5) is 52.5. The van der Waals surface area contributed by atoms with Crippen LogP contribution in [0.25, 0.3) is 11.0 Å². The van der Waals surface area contributed by atoms with Crippen LogP contribution in [-0.4, -0.2) is 124 Å². The summed E-state index contributed by atoms with van der Waals surface area (Å²) in [5, 5.41) is 19.8. The van der Waals surface area contributed by atoms with Crippen LogP contribution in [0.2, 0.25) is 0 Å². The number of carboxylic acids is 1. The number of nitrogens with one attached hydrogen (secondary N) is 1. The molecule has 3 N–H and O–H groups in total. The highest BCUT2D eigenvalue weighted by Gasteiger charge is 2.47. The number of allylic oxidation sites excluding steroid dienone is 1. The molecule has 2 fully saturated rings. The summed E-state index contributed by atoms with van der Waals surface area (Å²) in [5.74, 6) is 0.910. The lowest BCUT2D eigenvalue weighted by atomic mass is 9.66. The molecule has 16 atom stereocenters. The Bertz CT molecular complexity index is 2390. The van der Waals surface area contributed by atoms with E-state index in [1.807, 2.05) is 51.2 Å². The van der Waals surface area contributed by atoms with Crippen LogP contribution in [0.1, 0.15) is 200 Å². The lowest BCUT2D eigenvalue weighted by Crippen LogP contribution is -2.50. The van der Waals surface area contributed by atoms with Crippen LogP contribution in [-0.2, 0) is 35.2 Å². The van der Waals surface area contributed by atoms with Gasteiger partial charge in [0.25, 0.3) is 10.1 Å². The number of Topliss-reactive ketones (excluding diaryl/α,β-unsaturated/α-hetero) is 1. The lowest BCUT2D eigenvalue weighted by Gasteiger charge is -2.49. The number of aryl methyl sites for hydroxylation is 1. The van der Waals surface area contributed by atoms with E-state index >= 15 is 0 Å². The van der Waals surface area contributed by atoms with Gasteiger partial charge >= 0.3 is 5.97 Å². The number of hydrogen-bond donors (Lipinski definition) is 3. The smallest absolute Gasteiger partial charge is 0.341 e. The van der Waals surface area contributed by atoms with Gasteiger partial charge in [0.15, 0.2) is 11.6 Å². The fourth-order valence-corrected chi connectivity index (χ4v) is 16.6. The van der Waals surface area contributed by atoms with Gasteiger partial charge in [-0.25, -0.2) is 14.2 Å². The molecule has 2 aliphatic heterocycles. The summed E-state index contributed by atoms with van der Waals surface area (Å²) in [7, 11) is 1.86. The summed E-state index contributed by atoms with van der Waals surface area (Å²) in [6, 6.07) is 1.49. The van der Waals surface area contributed by atoms with Gasteiger partial charge in [0.1, 0.15) is 28.7 Å². The molecular formula is C64H115FN4O10S3. The number of pyridine rings is 2. The molecular weight excluding hydrogens is 1100 g/mol. The van der Waals surface area contributed by atoms with Gasteiger partial charge in [0.2, 0.25) is 5.43 Å². The third kappa shape index (κ3) is 23.8. The fourth-order valence-electron chi connectivity index (χ4n) is 12.0. The van der Waals surface area contributed by atoms with E-state index in [2.05, 4.69) is 133 Å². The maximum Gasteiger partial charge on any atom is 0.341 e. The quantitative estimate of drug-likeness (QED) is 0.0434. The summed E-state index contributed by atoms with van der Waals surface area (Å²) in [6.07, 6.45) is 8.91. The number of aliphatic hydroxyl groups is 1. The van der Waals surface area contributed by atoms with Crippen LogP contribution >= 0.6 is 23.5 Å². The Labute approximate surface area is 506 Å². The minimum Gasteiger partial charge on any atom is -0.477 e. The molecule has 476 valence electrons. The summed E-state index contributed by atoms with van der Waals surface area (Å²) >= 11 is 3.89. The molecule has 4 heterocycles. The second-order valence-corrected chi connectivity index (χ2v) is 29.1. The number of nitrogens with zero attached hydrogens (tertiary/aromatic N) is 3. The van der Waals surface area contributed by atoms with Crippen molar-refractivity contribution in [1.29, 1.82) is 0 Å². The van der Waals surface area contributed by atoms with Crippen LogP contribution in [0.15, 0.2) is 29.2 Å². The molecule has 4 rings (SSSR count). The van der Waals surface area contributed by atoms with Gasteiger partial charge in [-0.05, 0) is 127 Å². The molecule has 2 aromatic heterocycles. The van der Waals surface area contributed by atoms with E-state index in [4.69, 9.17) is 23.9 Å². The van der Waals surface area contributed by atoms with Crippen LogP contribution in [0.4, 0.5) is 10.2 Å². The van der Waals surface area contributed by atoms with Crippen LogP contribution in [0.5, 0.6) is 0 Å². The standard InChI is InChI=1S/C45H85NO5S3.C14H16FN3O3.C2H4O.C2H6.CH4O/c1-19-21-54(48,49)51-42-31(8)23-38(53-37(42)14)25-39(34(11)27(3)4)35(12)43(50-44-36(13)40(46(17)18)24-33(10)52-44)45(15,16)26-32(9)41(47)30(7)22-29(6)28(5)20-2;1-3-5-16-12-10(15)6-8-11(19)9(14(20)21)7-18(4-2)13(8)17-12;1-2-3;2*1-2/h28-40,42-44H,3,19-26H2,1-2,4-18H3;6-7H,3-5H2,1-2H3,(H,16,17)(H,20,21);2H,1H3;1-2H3;2H,1H3/t28-,29-,30-,31?,32-,33-,34?,35+,36?,37?,38-,39-,40+,42-,43-,44-;;;;/m1..../s1. The molecule has 2 aliphatic rings. The fraction of sp³-hybridized carbons (Fsp3) is 0.797. The summed E-state index contributed by atoms with van der Waals surface area (Å²) in [5.41, 5.74) is 0.141. The third-order valence-corrected chi connectivity index (χ3v) is 21.2. The third-order valence-electron chi connectivity index (χ3n) is 16.8. The Kier molecular flexibility index (Phi) is 37.0. The number of carbonyl (C=O) groups is 3. The Morgan fingerprint density at radius 2 is 1.57 bits per heavy atom. The summed E-state index contributed by atoms with van der Waals surface area (Å²) < 4.78 is 54.3. The Balaban J connectivity index is 0.00000192. The largest absolute Gasteiger partial charge is 0.477 e. The van der Waals surface area contributed by atoms with Gasteiger partial charge in [-0.2, -0.15) is 20.2 Å². The number of halogens is 1. The first-order chi connectivity index (χ1) is 38.3. The van der Waals surface area contributed by atoms with E-state index in [1.54, 1.807) is 6.92 Å². The van der Waals surface area contributed by atoms with Crippen LogP contribution in [0.3, 0.4) is 0 Å². The molecule has 0 amide bonds. The Morgan fingerprint density at radius 3 is 2.06 bits per heavy atom. The van der Waals surface area contributed by atoms with E-state index in [0.29, 0.717) is 65.5 Å². The highest BCUT2D eigenvalue weighted by molar-refractivity contribution is 8.00. The highest BCUT2D eigenvalue weighted by atomic mass is 32.2. The molecule has 4 unspecified atom stereocenters. The van der Waals surface area contributed by atoms with Gasteiger partial charge in [-0.3, -0.25) is 13.8 Å².